The number of furan rings is 1. The van der Waals surface area contributed by atoms with Crippen LogP contribution in [0.15, 0.2) is 65.1 Å². The van der Waals surface area contributed by atoms with E-state index >= 15 is 0 Å². The fourth-order valence-electron chi connectivity index (χ4n) is 3.30. The number of carboxylic acids is 1. The number of ketones is 1. The Bertz CT molecular complexity index is 1070. The average Bonchev–Trinajstić information content (AvgIpc) is 3.24. The molecule has 3 rings (SSSR count). The highest BCUT2D eigenvalue weighted by atomic mass is 16.4. The van der Waals surface area contributed by atoms with Gasteiger partial charge in [-0.1, -0.05) is 50.5 Å². The van der Waals surface area contributed by atoms with E-state index in [-0.39, 0.29) is 17.1 Å². The Kier molecular flexibility index (Phi) is 7.44. The molecule has 0 bridgehead atoms. The third-order valence-corrected chi connectivity index (χ3v) is 5.09. The van der Waals surface area contributed by atoms with E-state index in [1.807, 2.05) is 24.3 Å². The minimum atomic E-state index is -1.22. The maximum Gasteiger partial charge on any atom is 0.339 e. The molecule has 0 atom stereocenters. The molecule has 0 amide bonds. The number of phenols is 1. The Balaban J connectivity index is 1.64. The Hall–Kier alpha value is -3.60. The van der Waals surface area contributed by atoms with Gasteiger partial charge in [-0.25, -0.2) is 4.79 Å². The second-order valence-corrected chi connectivity index (χ2v) is 7.44. The van der Waals surface area contributed by atoms with Gasteiger partial charge in [-0.2, -0.15) is 0 Å². The zero-order valence-electron chi connectivity index (χ0n) is 17.5. The maximum atomic E-state index is 12.4. The van der Waals surface area contributed by atoms with Gasteiger partial charge < -0.3 is 14.6 Å². The van der Waals surface area contributed by atoms with E-state index in [0.29, 0.717) is 22.6 Å². The van der Waals surface area contributed by atoms with Crippen LogP contribution in [0.4, 0.5) is 0 Å². The lowest BCUT2D eigenvalue weighted by Gasteiger charge is -2.02. The van der Waals surface area contributed by atoms with Crippen LogP contribution in [-0.4, -0.2) is 22.0 Å². The molecule has 1 aromatic heterocycles. The molecule has 0 spiro atoms. The molecule has 0 aliphatic rings. The number of allylic oxidation sites excluding steroid dienone is 1. The van der Waals surface area contributed by atoms with Crippen molar-refractivity contribution in [3.8, 4) is 17.1 Å². The summed E-state index contributed by atoms with van der Waals surface area (Å²) in [6.45, 7) is 2.19. The van der Waals surface area contributed by atoms with Gasteiger partial charge in [-0.15, -0.1) is 0 Å². The molecule has 31 heavy (non-hydrogen) atoms. The Morgan fingerprint density at radius 2 is 1.74 bits per heavy atom. The summed E-state index contributed by atoms with van der Waals surface area (Å²) in [6.07, 6.45) is 8.93. The molecule has 160 valence electrons. The number of aryl methyl sites for hydroxylation is 1. The van der Waals surface area contributed by atoms with Crippen molar-refractivity contribution < 1.29 is 24.2 Å². The lowest BCUT2D eigenvalue weighted by molar-refractivity contribution is 0.0693. The molecule has 1 heterocycles. The molecule has 0 unspecified atom stereocenters. The third-order valence-electron chi connectivity index (χ3n) is 5.09. The summed E-state index contributed by atoms with van der Waals surface area (Å²) in [4.78, 5) is 23.6. The largest absolute Gasteiger partial charge is 0.507 e. The van der Waals surface area contributed by atoms with Crippen LogP contribution in [0.25, 0.3) is 17.4 Å². The first-order valence-corrected chi connectivity index (χ1v) is 10.5. The molecule has 3 aromatic rings. The van der Waals surface area contributed by atoms with Gasteiger partial charge in [0.05, 0.1) is 0 Å². The van der Waals surface area contributed by atoms with Crippen molar-refractivity contribution in [2.45, 2.75) is 39.0 Å². The number of benzene rings is 2. The van der Waals surface area contributed by atoms with Crippen molar-refractivity contribution in [3.63, 3.8) is 0 Å². The molecule has 0 fully saturated rings. The predicted octanol–water partition coefficient (Wildman–Crippen LogP) is 6.37. The number of hydrogen-bond acceptors (Lipinski definition) is 4. The number of aromatic carboxylic acids is 1. The monoisotopic (exact) mass is 418 g/mol. The molecule has 0 aliphatic carbocycles. The minimum absolute atomic E-state index is 0.117. The fourth-order valence-corrected chi connectivity index (χ4v) is 3.30. The number of aromatic hydroxyl groups is 1. The van der Waals surface area contributed by atoms with Gasteiger partial charge in [-0.05, 0) is 60.9 Å². The summed E-state index contributed by atoms with van der Waals surface area (Å²) in [5, 5.41) is 18.8. The van der Waals surface area contributed by atoms with Gasteiger partial charge in [0.15, 0.2) is 5.78 Å². The Morgan fingerprint density at radius 3 is 2.45 bits per heavy atom. The highest BCUT2D eigenvalue weighted by molar-refractivity contribution is 6.06. The number of carbonyl (C=O) groups excluding carboxylic acids is 1. The highest BCUT2D eigenvalue weighted by Crippen LogP contribution is 2.28. The molecule has 5 heteroatoms. The van der Waals surface area contributed by atoms with Crippen LogP contribution in [0.5, 0.6) is 5.75 Å². The van der Waals surface area contributed by atoms with Crippen molar-refractivity contribution in [1.29, 1.82) is 0 Å². The minimum Gasteiger partial charge on any atom is -0.507 e. The van der Waals surface area contributed by atoms with Crippen LogP contribution in [0.3, 0.4) is 0 Å². The molecule has 2 aromatic carbocycles. The van der Waals surface area contributed by atoms with Crippen molar-refractivity contribution in [2.24, 2.45) is 0 Å². The number of rotatable bonds is 10. The van der Waals surface area contributed by atoms with Gasteiger partial charge in [0, 0.05) is 11.1 Å². The van der Waals surface area contributed by atoms with Gasteiger partial charge in [0.2, 0.25) is 0 Å². The number of carbonyl (C=O) groups is 2. The van der Waals surface area contributed by atoms with Crippen molar-refractivity contribution in [2.75, 3.05) is 0 Å². The zero-order valence-corrected chi connectivity index (χ0v) is 17.5. The lowest BCUT2D eigenvalue weighted by Crippen LogP contribution is -1.96. The average molecular weight is 418 g/mol. The lowest BCUT2D eigenvalue weighted by atomic mass is 10.0. The normalized spacial score (nSPS) is 11.1. The van der Waals surface area contributed by atoms with Crippen LogP contribution in [0.1, 0.15) is 64.6 Å². The summed E-state index contributed by atoms with van der Waals surface area (Å²) in [5.74, 6) is -0.722. The summed E-state index contributed by atoms with van der Waals surface area (Å²) in [7, 11) is 0. The number of unbranched alkanes of at least 4 members (excludes halogenated alkanes) is 3. The second-order valence-electron chi connectivity index (χ2n) is 7.44. The summed E-state index contributed by atoms with van der Waals surface area (Å²) in [6, 6.07) is 15.3. The quantitative estimate of drug-likeness (QED) is 0.227. The first-order chi connectivity index (χ1) is 15.0. The smallest absolute Gasteiger partial charge is 0.339 e. The SMILES string of the molecule is CCCCCCc1ccc(C(=O)/C=C/c2ccc(-c3ccc(O)c(C(=O)O)c3)o2)cc1. The third kappa shape index (κ3) is 5.95. The Morgan fingerprint density at radius 1 is 0.968 bits per heavy atom. The molecule has 0 radical (unpaired) electrons. The molecule has 0 saturated carbocycles. The standard InChI is InChI=1S/C26H26O5/c1-2-3-4-5-6-18-7-9-19(10-8-18)23(27)15-12-21-13-16-25(31-21)20-11-14-24(28)22(17-20)26(29)30/h7-17,28H,2-6H2,1H3,(H,29,30)/b15-12+. The van der Waals surface area contributed by atoms with E-state index in [0.717, 1.165) is 12.8 Å². The van der Waals surface area contributed by atoms with Crippen LogP contribution in [-0.2, 0) is 6.42 Å². The molecule has 5 nitrogen and oxygen atoms in total. The predicted molar refractivity (Wildman–Crippen MR) is 120 cm³/mol. The van der Waals surface area contributed by atoms with Gasteiger partial charge >= 0.3 is 5.97 Å². The van der Waals surface area contributed by atoms with E-state index in [2.05, 4.69) is 6.92 Å². The van der Waals surface area contributed by atoms with Gasteiger partial charge in [0.1, 0.15) is 22.8 Å². The van der Waals surface area contributed by atoms with E-state index in [1.54, 1.807) is 24.3 Å². The van der Waals surface area contributed by atoms with Crippen LogP contribution >= 0.6 is 0 Å². The highest BCUT2D eigenvalue weighted by Gasteiger charge is 2.13. The Labute approximate surface area is 181 Å². The van der Waals surface area contributed by atoms with Crippen molar-refractivity contribution in [1.82, 2.24) is 0 Å². The van der Waals surface area contributed by atoms with E-state index in [1.165, 1.54) is 43.0 Å². The molecule has 0 saturated heterocycles. The van der Waals surface area contributed by atoms with Crippen LogP contribution < -0.4 is 0 Å². The van der Waals surface area contributed by atoms with Crippen LogP contribution in [0.2, 0.25) is 0 Å². The molecule has 2 N–H and O–H groups in total. The first kappa shape index (κ1) is 22.1. The first-order valence-electron chi connectivity index (χ1n) is 10.5. The van der Waals surface area contributed by atoms with E-state index in [9.17, 15) is 14.7 Å². The van der Waals surface area contributed by atoms with Gasteiger partial charge in [0.25, 0.3) is 0 Å². The molecule has 0 aliphatic heterocycles. The number of hydrogen-bond donors (Lipinski definition) is 2. The topological polar surface area (TPSA) is 87.7 Å². The zero-order chi connectivity index (χ0) is 22.2. The van der Waals surface area contributed by atoms with Crippen molar-refractivity contribution >= 4 is 17.8 Å². The summed E-state index contributed by atoms with van der Waals surface area (Å²) >= 11 is 0. The molecular formula is C26H26O5. The van der Waals surface area contributed by atoms with Crippen molar-refractivity contribution in [3.05, 3.63) is 83.1 Å². The second kappa shape index (κ2) is 10.4. The fraction of sp³-hybridized carbons (Fsp3) is 0.231. The van der Waals surface area contributed by atoms with E-state index in [4.69, 9.17) is 9.52 Å². The number of carboxylic acid groups (broad SMARTS) is 1. The van der Waals surface area contributed by atoms with E-state index < -0.39 is 5.97 Å². The maximum absolute atomic E-state index is 12.4. The summed E-state index contributed by atoms with van der Waals surface area (Å²) < 4.78 is 5.70. The summed E-state index contributed by atoms with van der Waals surface area (Å²) in [5.41, 5.74) is 2.18. The molecular weight excluding hydrogens is 392 g/mol. The van der Waals surface area contributed by atoms with Crippen LogP contribution in [0, 0.1) is 0 Å². The van der Waals surface area contributed by atoms with Gasteiger partial charge in [-0.3, -0.25) is 4.79 Å².